The Balaban J connectivity index is 1.94. The molecular formula is C14H10INO4. The van der Waals surface area contributed by atoms with Crippen molar-refractivity contribution in [2.75, 3.05) is 6.61 Å². The van der Waals surface area contributed by atoms with Crippen molar-refractivity contribution in [3.05, 3.63) is 68.7 Å². The molecule has 0 fully saturated rings. The molecule has 0 amide bonds. The highest BCUT2D eigenvalue weighted by Gasteiger charge is 2.12. The van der Waals surface area contributed by atoms with Gasteiger partial charge in [-0.1, -0.05) is 12.1 Å². The number of Topliss-reactive ketones (excluding diaryl/α,β-unsaturated/α-hetero) is 1. The minimum atomic E-state index is -0.635. The fourth-order valence-electron chi connectivity index (χ4n) is 1.48. The van der Waals surface area contributed by atoms with E-state index >= 15 is 0 Å². The van der Waals surface area contributed by atoms with E-state index in [-0.39, 0.29) is 18.0 Å². The zero-order chi connectivity index (χ0) is 14.5. The van der Waals surface area contributed by atoms with E-state index in [0.717, 1.165) is 3.57 Å². The number of benzene rings is 1. The summed E-state index contributed by atoms with van der Waals surface area (Å²) in [6.45, 7) is -0.328. The summed E-state index contributed by atoms with van der Waals surface area (Å²) in [6, 6.07) is 9.65. The number of hydrogen-bond donors (Lipinski definition) is 0. The summed E-state index contributed by atoms with van der Waals surface area (Å²) >= 11 is 2.14. The van der Waals surface area contributed by atoms with Crippen LogP contribution in [0.15, 0.2) is 48.8 Å². The lowest BCUT2D eigenvalue weighted by Crippen LogP contribution is -2.24. The number of rotatable bonds is 4. The van der Waals surface area contributed by atoms with Crippen LogP contribution in [0.3, 0.4) is 0 Å². The van der Waals surface area contributed by atoms with Crippen molar-refractivity contribution < 1.29 is 19.1 Å². The Labute approximate surface area is 128 Å². The van der Waals surface area contributed by atoms with Gasteiger partial charge in [-0.25, -0.2) is 4.79 Å². The first-order chi connectivity index (χ1) is 9.56. The van der Waals surface area contributed by atoms with Crippen LogP contribution in [-0.2, 0) is 4.74 Å². The number of pyridine rings is 1. The molecule has 0 aliphatic rings. The van der Waals surface area contributed by atoms with E-state index in [0.29, 0.717) is 10.3 Å². The second-order valence-corrected chi connectivity index (χ2v) is 5.20. The van der Waals surface area contributed by atoms with Crippen LogP contribution >= 0.6 is 22.6 Å². The molecule has 5 nitrogen and oxygen atoms in total. The molecule has 6 heteroatoms. The molecule has 0 atom stereocenters. The molecular weight excluding hydrogens is 373 g/mol. The molecule has 0 saturated carbocycles. The van der Waals surface area contributed by atoms with Crippen molar-refractivity contribution in [3.63, 3.8) is 0 Å². The van der Waals surface area contributed by atoms with Crippen LogP contribution in [0.25, 0.3) is 0 Å². The van der Waals surface area contributed by atoms with E-state index in [1.54, 1.807) is 24.3 Å². The predicted molar refractivity (Wildman–Crippen MR) is 79.2 cm³/mol. The topological polar surface area (TPSA) is 70.3 Å². The van der Waals surface area contributed by atoms with E-state index in [9.17, 15) is 14.8 Å². The van der Waals surface area contributed by atoms with Crippen molar-refractivity contribution in [2.45, 2.75) is 0 Å². The zero-order valence-electron chi connectivity index (χ0n) is 10.3. The molecule has 1 aromatic carbocycles. The second kappa shape index (κ2) is 6.47. The molecule has 0 radical (unpaired) electrons. The summed E-state index contributed by atoms with van der Waals surface area (Å²) in [4.78, 5) is 23.5. The molecule has 0 bridgehead atoms. The number of ketones is 1. The van der Waals surface area contributed by atoms with E-state index in [4.69, 9.17) is 4.74 Å². The van der Waals surface area contributed by atoms with Crippen LogP contribution in [0.5, 0.6) is 0 Å². The molecule has 1 heterocycles. The third kappa shape index (κ3) is 3.77. The van der Waals surface area contributed by atoms with Crippen molar-refractivity contribution in [1.29, 1.82) is 0 Å². The molecule has 0 aliphatic heterocycles. The smallest absolute Gasteiger partial charge is 0.339 e. The Morgan fingerprint density at radius 1 is 1.05 bits per heavy atom. The lowest BCUT2D eigenvalue weighted by Gasteiger charge is -2.04. The Hall–Kier alpha value is -1.96. The lowest BCUT2D eigenvalue weighted by molar-refractivity contribution is -0.605. The van der Waals surface area contributed by atoms with Gasteiger partial charge in [-0.2, -0.15) is 4.73 Å². The van der Waals surface area contributed by atoms with Gasteiger partial charge < -0.3 is 9.94 Å². The van der Waals surface area contributed by atoms with Gasteiger partial charge in [0.1, 0.15) is 0 Å². The second-order valence-electron chi connectivity index (χ2n) is 3.95. The van der Waals surface area contributed by atoms with Crippen LogP contribution < -0.4 is 4.73 Å². The van der Waals surface area contributed by atoms with E-state index in [2.05, 4.69) is 22.6 Å². The number of ether oxygens (including phenoxy) is 1. The zero-order valence-corrected chi connectivity index (χ0v) is 12.4. The summed E-state index contributed by atoms with van der Waals surface area (Å²) in [6.07, 6.45) is 2.38. The number of aromatic nitrogens is 1. The van der Waals surface area contributed by atoms with Gasteiger partial charge in [0, 0.05) is 21.3 Å². The Bertz CT molecular complexity index is 565. The van der Waals surface area contributed by atoms with Gasteiger partial charge in [-0.15, -0.1) is 0 Å². The number of carbonyl (C=O) groups excluding carboxylic acids is 2. The highest BCUT2D eigenvalue weighted by molar-refractivity contribution is 14.1. The largest absolute Gasteiger partial charge is 0.619 e. The molecule has 102 valence electrons. The third-order valence-electron chi connectivity index (χ3n) is 2.54. The first-order valence-electron chi connectivity index (χ1n) is 5.71. The van der Waals surface area contributed by atoms with E-state index in [1.165, 1.54) is 24.5 Å². The van der Waals surface area contributed by atoms with Crippen LogP contribution in [-0.4, -0.2) is 18.4 Å². The van der Waals surface area contributed by atoms with Crippen molar-refractivity contribution in [2.24, 2.45) is 0 Å². The van der Waals surface area contributed by atoms with Gasteiger partial charge >= 0.3 is 5.97 Å². The van der Waals surface area contributed by atoms with Crippen molar-refractivity contribution >= 4 is 34.3 Å². The van der Waals surface area contributed by atoms with E-state index in [1.807, 2.05) is 0 Å². The Kier molecular flexibility index (Phi) is 4.67. The summed E-state index contributed by atoms with van der Waals surface area (Å²) < 4.78 is 6.50. The predicted octanol–water partition coefficient (Wildman–Crippen LogP) is 1.96. The SMILES string of the molecule is O=C(COC(=O)c1cc[n+]([O-])cc1)c1ccc(I)cc1. The fraction of sp³-hybridized carbons (Fsp3) is 0.0714. The number of halogens is 1. The monoisotopic (exact) mass is 383 g/mol. The molecule has 2 rings (SSSR count). The van der Waals surface area contributed by atoms with E-state index < -0.39 is 5.97 Å². The van der Waals surface area contributed by atoms with Gasteiger partial charge in [-0.05, 0) is 34.7 Å². The van der Waals surface area contributed by atoms with Gasteiger partial charge in [0.2, 0.25) is 0 Å². The molecule has 2 aromatic rings. The maximum Gasteiger partial charge on any atom is 0.339 e. The number of nitrogens with zero attached hydrogens (tertiary/aromatic N) is 1. The number of esters is 1. The standard InChI is InChI=1S/C14H10INO4/c15-12-3-1-10(2-4-12)13(17)9-20-14(18)11-5-7-16(19)8-6-11/h1-8H,9H2. The first kappa shape index (κ1) is 14.4. The van der Waals surface area contributed by atoms with Crippen LogP contribution in [0.4, 0.5) is 0 Å². The van der Waals surface area contributed by atoms with Crippen LogP contribution in [0.2, 0.25) is 0 Å². The van der Waals surface area contributed by atoms with Gasteiger partial charge in [0.25, 0.3) is 0 Å². The van der Waals surface area contributed by atoms with Crippen LogP contribution in [0.1, 0.15) is 20.7 Å². The molecule has 20 heavy (non-hydrogen) atoms. The first-order valence-corrected chi connectivity index (χ1v) is 6.79. The summed E-state index contributed by atoms with van der Waals surface area (Å²) in [5.74, 6) is -0.908. The van der Waals surface area contributed by atoms with Gasteiger partial charge in [-0.3, -0.25) is 4.79 Å². The average Bonchev–Trinajstić information content (AvgIpc) is 2.46. The summed E-state index contributed by atoms with van der Waals surface area (Å²) in [5, 5.41) is 10.8. The maximum absolute atomic E-state index is 11.8. The Morgan fingerprint density at radius 3 is 2.25 bits per heavy atom. The minimum absolute atomic E-state index is 0.229. The molecule has 0 unspecified atom stereocenters. The average molecular weight is 383 g/mol. The van der Waals surface area contributed by atoms with Crippen molar-refractivity contribution in [1.82, 2.24) is 0 Å². The van der Waals surface area contributed by atoms with Crippen LogP contribution in [0, 0.1) is 8.78 Å². The fourth-order valence-corrected chi connectivity index (χ4v) is 1.84. The number of carbonyl (C=O) groups is 2. The van der Waals surface area contributed by atoms with Crippen molar-refractivity contribution in [3.8, 4) is 0 Å². The third-order valence-corrected chi connectivity index (χ3v) is 3.26. The summed E-state index contributed by atoms with van der Waals surface area (Å²) in [7, 11) is 0. The minimum Gasteiger partial charge on any atom is -0.619 e. The Morgan fingerprint density at radius 2 is 1.65 bits per heavy atom. The van der Waals surface area contributed by atoms with Gasteiger partial charge in [0.15, 0.2) is 24.8 Å². The highest BCUT2D eigenvalue weighted by atomic mass is 127. The lowest BCUT2D eigenvalue weighted by atomic mass is 10.1. The highest BCUT2D eigenvalue weighted by Crippen LogP contribution is 2.08. The molecule has 0 aliphatic carbocycles. The maximum atomic E-state index is 11.8. The molecule has 1 aromatic heterocycles. The molecule has 0 spiro atoms. The molecule has 0 N–H and O–H groups in total. The summed E-state index contributed by atoms with van der Waals surface area (Å²) in [5.41, 5.74) is 0.719. The number of hydrogen-bond acceptors (Lipinski definition) is 4. The quantitative estimate of drug-likeness (QED) is 0.266. The molecule has 0 saturated heterocycles. The van der Waals surface area contributed by atoms with Gasteiger partial charge in [0.05, 0.1) is 5.56 Å². The normalized spacial score (nSPS) is 10.1.